The molecule has 0 rings (SSSR count). The Morgan fingerprint density at radius 1 is 1.05 bits per heavy atom. The monoisotopic (exact) mass is 305 g/mol. The van der Waals surface area contributed by atoms with Gasteiger partial charge in [-0.3, -0.25) is 4.99 Å². The fraction of sp³-hybridized carbons (Fsp3) is 0.762. The van der Waals surface area contributed by atoms with Gasteiger partial charge in [0.2, 0.25) is 0 Å². The maximum Gasteiger partial charge on any atom is 0.0680 e. The minimum absolute atomic E-state index is 0.282. The van der Waals surface area contributed by atoms with Crippen LogP contribution in [0.1, 0.15) is 92.9 Å². The fourth-order valence-electron chi connectivity index (χ4n) is 2.93. The third kappa shape index (κ3) is 8.56. The minimum atomic E-state index is 0.282. The maximum atomic E-state index is 5.07. The van der Waals surface area contributed by atoms with Gasteiger partial charge in [0.25, 0.3) is 0 Å². The predicted molar refractivity (Wildman–Crippen MR) is 103 cm³/mol. The van der Waals surface area contributed by atoms with E-state index in [0.717, 1.165) is 12.8 Å². The first kappa shape index (κ1) is 21.1. The van der Waals surface area contributed by atoms with Crippen molar-refractivity contribution in [1.29, 1.82) is 0 Å². The number of hydrogen-bond acceptors (Lipinski definition) is 1. The van der Waals surface area contributed by atoms with Crippen molar-refractivity contribution in [2.24, 2.45) is 10.9 Å². The molecule has 0 saturated carbocycles. The van der Waals surface area contributed by atoms with Crippen molar-refractivity contribution >= 4 is 5.71 Å². The van der Waals surface area contributed by atoms with Crippen LogP contribution in [-0.4, -0.2) is 11.8 Å². The number of allylic oxidation sites excluding steroid dienone is 2. The molecular formula is C21H39N. The zero-order chi connectivity index (χ0) is 17.0. The number of nitrogens with zero attached hydrogens (tertiary/aromatic N) is 1. The summed E-state index contributed by atoms with van der Waals surface area (Å²) in [5, 5.41) is 0. The molecule has 0 aliphatic carbocycles. The Kier molecular flexibility index (Phi) is 12.2. The first-order chi connectivity index (χ1) is 10.5. The summed E-state index contributed by atoms with van der Waals surface area (Å²) in [6.07, 6.45) is 12.0. The van der Waals surface area contributed by atoms with Crippen LogP contribution in [0.3, 0.4) is 0 Å². The summed E-state index contributed by atoms with van der Waals surface area (Å²) in [6.45, 7) is 17.7. The molecule has 0 heterocycles. The second-order valence-electron chi connectivity index (χ2n) is 6.57. The highest BCUT2D eigenvalue weighted by molar-refractivity contribution is 5.86. The molecule has 0 aromatic rings. The van der Waals surface area contributed by atoms with E-state index in [-0.39, 0.29) is 6.04 Å². The Bertz CT molecular complexity index is 356. The molecule has 0 aromatic heterocycles. The van der Waals surface area contributed by atoms with Crippen LogP contribution in [0.2, 0.25) is 0 Å². The van der Waals surface area contributed by atoms with Crippen LogP contribution in [0.4, 0.5) is 0 Å². The van der Waals surface area contributed by atoms with Gasteiger partial charge in [-0.15, -0.1) is 0 Å². The summed E-state index contributed by atoms with van der Waals surface area (Å²) < 4.78 is 0. The van der Waals surface area contributed by atoms with Gasteiger partial charge in [0.15, 0.2) is 0 Å². The molecule has 1 heteroatoms. The van der Waals surface area contributed by atoms with E-state index in [1.807, 2.05) is 0 Å². The molecule has 1 unspecified atom stereocenters. The summed E-state index contributed by atoms with van der Waals surface area (Å²) >= 11 is 0. The maximum absolute atomic E-state index is 5.07. The van der Waals surface area contributed by atoms with Gasteiger partial charge in [0.05, 0.1) is 6.04 Å². The van der Waals surface area contributed by atoms with Gasteiger partial charge in [-0.1, -0.05) is 65.2 Å². The quantitative estimate of drug-likeness (QED) is 0.268. The van der Waals surface area contributed by atoms with Crippen molar-refractivity contribution in [3.63, 3.8) is 0 Å². The molecule has 0 bridgehead atoms. The fourth-order valence-corrected chi connectivity index (χ4v) is 2.93. The summed E-state index contributed by atoms with van der Waals surface area (Å²) in [7, 11) is 0. The molecule has 0 radical (unpaired) electrons. The molecule has 1 nitrogen and oxygen atoms in total. The Labute approximate surface area is 140 Å². The van der Waals surface area contributed by atoms with Crippen molar-refractivity contribution in [3.8, 4) is 0 Å². The van der Waals surface area contributed by atoms with Gasteiger partial charge in [-0.25, -0.2) is 0 Å². The molecule has 0 aliphatic rings. The molecular weight excluding hydrogens is 266 g/mol. The lowest BCUT2D eigenvalue weighted by molar-refractivity contribution is 0.548. The smallest absolute Gasteiger partial charge is 0.0680 e. The number of rotatable bonds is 12. The van der Waals surface area contributed by atoms with Crippen LogP contribution in [0, 0.1) is 5.92 Å². The summed E-state index contributed by atoms with van der Waals surface area (Å²) in [5.74, 6) is 0.679. The predicted octanol–water partition coefficient (Wildman–Crippen LogP) is 7.14. The Hall–Kier alpha value is -0.850. The highest BCUT2D eigenvalue weighted by Crippen LogP contribution is 2.20. The van der Waals surface area contributed by atoms with Crippen molar-refractivity contribution < 1.29 is 0 Å². The molecule has 0 N–H and O–H groups in total. The standard InChI is InChI=1S/C21H39N/c1-8-12-15-17(5)16-18(6)19(7)22-21(11-4)20(13-9-2)14-10-3/h16,19-20H,5,8-15H2,1-4,6-7H3/b18-16+,22-21?. The van der Waals surface area contributed by atoms with Gasteiger partial charge in [-0.2, -0.15) is 0 Å². The van der Waals surface area contributed by atoms with E-state index >= 15 is 0 Å². The molecule has 0 saturated heterocycles. The van der Waals surface area contributed by atoms with Crippen LogP contribution >= 0.6 is 0 Å². The molecule has 0 aliphatic heterocycles. The molecule has 0 fully saturated rings. The number of unbranched alkanes of at least 4 members (excludes halogenated alkanes) is 1. The zero-order valence-corrected chi connectivity index (χ0v) is 16.0. The van der Waals surface area contributed by atoms with Crippen LogP contribution in [0.25, 0.3) is 0 Å². The Morgan fingerprint density at radius 3 is 2.09 bits per heavy atom. The summed E-state index contributed by atoms with van der Waals surface area (Å²) in [6, 6.07) is 0.282. The van der Waals surface area contributed by atoms with Gasteiger partial charge in [0, 0.05) is 5.71 Å². The lowest BCUT2D eigenvalue weighted by Gasteiger charge is -2.20. The van der Waals surface area contributed by atoms with Gasteiger partial charge in [0.1, 0.15) is 0 Å². The Balaban J connectivity index is 4.93. The minimum Gasteiger partial charge on any atom is -0.286 e. The third-order valence-corrected chi connectivity index (χ3v) is 4.41. The lowest BCUT2D eigenvalue weighted by atomic mass is 9.91. The molecule has 0 aromatic carbocycles. The molecule has 128 valence electrons. The second-order valence-corrected chi connectivity index (χ2v) is 6.57. The average molecular weight is 306 g/mol. The van der Waals surface area contributed by atoms with E-state index < -0.39 is 0 Å². The topological polar surface area (TPSA) is 12.4 Å². The molecule has 0 spiro atoms. The second kappa shape index (κ2) is 12.7. The van der Waals surface area contributed by atoms with Crippen molar-refractivity contribution in [2.75, 3.05) is 0 Å². The van der Waals surface area contributed by atoms with Crippen molar-refractivity contribution in [1.82, 2.24) is 0 Å². The summed E-state index contributed by atoms with van der Waals surface area (Å²) in [5.41, 5.74) is 4.01. The average Bonchev–Trinajstić information content (AvgIpc) is 2.50. The first-order valence-corrected chi connectivity index (χ1v) is 9.42. The van der Waals surface area contributed by atoms with Gasteiger partial charge >= 0.3 is 0 Å². The Morgan fingerprint density at radius 2 is 1.64 bits per heavy atom. The van der Waals surface area contributed by atoms with Crippen LogP contribution in [-0.2, 0) is 0 Å². The van der Waals surface area contributed by atoms with Crippen molar-refractivity contribution in [2.45, 2.75) is 99.0 Å². The van der Waals surface area contributed by atoms with E-state index in [4.69, 9.17) is 4.99 Å². The summed E-state index contributed by atoms with van der Waals surface area (Å²) in [4.78, 5) is 5.07. The van der Waals surface area contributed by atoms with Crippen LogP contribution in [0.15, 0.2) is 28.8 Å². The van der Waals surface area contributed by atoms with E-state index in [9.17, 15) is 0 Å². The SMILES string of the molecule is C=C(/C=C(\C)C(C)N=C(CC)C(CCC)CCC)CCCC. The molecule has 22 heavy (non-hydrogen) atoms. The van der Waals surface area contributed by atoms with Crippen LogP contribution < -0.4 is 0 Å². The van der Waals surface area contributed by atoms with E-state index in [1.165, 1.54) is 55.4 Å². The van der Waals surface area contributed by atoms with E-state index in [1.54, 1.807) is 0 Å². The van der Waals surface area contributed by atoms with E-state index in [2.05, 4.69) is 54.2 Å². The first-order valence-electron chi connectivity index (χ1n) is 9.42. The van der Waals surface area contributed by atoms with Crippen molar-refractivity contribution in [3.05, 3.63) is 23.8 Å². The molecule has 1 atom stereocenters. The lowest BCUT2D eigenvalue weighted by Crippen LogP contribution is -2.17. The number of aliphatic imine (C=N–C) groups is 1. The largest absolute Gasteiger partial charge is 0.286 e. The normalized spacial score (nSPS) is 14.5. The third-order valence-electron chi connectivity index (χ3n) is 4.41. The zero-order valence-electron chi connectivity index (χ0n) is 16.0. The van der Waals surface area contributed by atoms with Crippen LogP contribution in [0.5, 0.6) is 0 Å². The highest BCUT2D eigenvalue weighted by Gasteiger charge is 2.14. The van der Waals surface area contributed by atoms with E-state index in [0.29, 0.717) is 5.92 Å². The van der Waals surface area contributed by atoms with Gasteiger partial charge in [-0.05, 0) is 57.4 Å². The molecule has 0 amide bonds. The van der Waals surface area contributed by atoms with Gasteiger partial charge < -0.3 is 0 Å². The highest BCUT2D eigenvalue weighted by atomic mass is 14.8. The number of hydrogen-bond donors (Lipinski definition) is 0.